The second kappa shape index (κ2) is 4.86. The monoisotopic (exact) mass is 276 g/mol. The molecule has 1 heterocycles. The van der Waals surface area contributed by atoms with Crippen molar-refractivity contribution >= 4 is 7.82 Å². The van der Waals surface area contributed by atoms with E-state index in [2.05, 4.69) is 9.26 Å². The van der Waals surface area contributed by atoms with Gasteiger partial charge in [0.1, 0.15) is 18.3 Å². The summed E-state index contributed by atoms with van der Waals surface area (Å²) in [5, 5.41) is 46.1. The Morgan fingerprint density at radius 2 is 1.76 bits per heavy atom. The summed E-state index contributed by atoms with van der Waals surface area (Å²) in [5.74, 6) is -2.70. The third-order valence-electron chi connectivity index (χ3n) is 2.20. The molecule has 0 saturated carbocycles. The van der Waals surface area contributed by atoms with Crippen LogP contribution in [0.5, 0.6) is 0 Å². The lowest BCUT2D eigenvalue weighted by Gasteiger charge is -2.44. The minimum Gasteiger partial charge on any atom is -0.391 e. The number of hydrogen-bond donors (Lipinski definition) is 7. The van der Waals surface area contributed by atoms with Gasteiger partial charge in [-0.2, -0.15) is 0 Å². The summed E-state index contributed by atoms with van der Waals surface area (Å²) >= 11 is 0. The Bertz CT molecular complexity index is 316. The number of hydrogen-bond acceptors (Lipinski definition) is 8. The van der Waals surface area contributed by atoms with Gasteiger partial charge in [-0.3, -0.25) is 4.52 Å². The highest BCUT2D eigenvalue weighted by molar-refractivity contribution is 7.46. The van der Waals surface area contributed by atoms with Crippen molar-refractivity contribution in [2.24, 2.45) is 0 Å². The van der Waals surface area contributed by atoms with Crippen molar-refractivity contribution in [3.63, 3.8) is 0 Å². The number of ether oxygens (including phenoxy) is 1. The summed E-state index contributed by atoms with van der Waals surface area (Å²) in [7, 11) is -5.06. The van der Waals surface area contributed by atoms with Gasteiger partial charge in [-0.05, 0) is 0 Å². The van der Waals surface area contributed by atoms with Gasteiger partial charge < -0.3 is 40.1 Å². The van der Waals surface area contributed by atoms with E-state index in [4.69, 9.17) is 14.9 Å². The molecular formula is C6H13O10P. The standard InChI is InChI=1S/C6H13O10P/c7-1-6(11)4(10)2(8)3(9)5(15-6)16-17(12,13)14/h2-5,7-11H,1H2,(H2,12,13,14)/t2-,3+,4+,5?,6-/m1/s1. The Morgan fingerprint density at radius 1 is 1.24 bits per heavy atom. The minimum atomic E-state index is -5.06. The quantitative estimate of drug-likeness (QED) is 0.253. The molecule has 1 aliphatic heterocycles. The average Bonchev–Trinajstić information content (AvgIpc) is 2.21. The summed E-state index contributed by atoms with van der Waals surface area (Å²) in [5.41, 5.74) is 0. The van der Waals surface area contributed by atoms with Crippen LogP contribution in [-0.2, 0) is 13.8 Å². The van der Waals surface area contributed by atoms with E-state index < -0.39 is 44.8 Å². The van der Waals surface area contributed by atoms with Crippen LogP contribution in [0, 0.1) is 0 Å². The molecule has 0 aromatic rings. The van der Waals surface area contributed by atoms with Crippen molar-refractivity contribution in [1.29, 1.82) is 0 Å². The Morgan fingerprint density at radius 3 is 2.18 bits per heavy atom. The largest absolute Gasteiger partial charge is 0.472 e. The molecule has 0 aromatic heterocycles. The average molecular weight is 276 g/mol. The highest BCUT2D eigenvalue weighted by Crippen LogP contribution is 2.41. The SMILES string of the molecule is O=P(O)(O)OC1O[C@](O)(CO)[C@@H](O)[C@H](O)[C@@H]1O. The van der Waals surface area contributed by atoms with Crippen LogP contribution in [0.4, 0.5) is 0 Å². The van der Waals surface area contributed by atoms with Crippen LogP contribution in [0.2, 0.25) is 0 Å². The molecule has 0 spiro atoms. The molecule has 0 aromatic carbocycles. The van der Waals surface area contributed by atoms with Crippen molar-refractivity contribution in [3.05, 3.63) is 0 Å². The van der Waals surface area contributed by atoms with E-state index in [0.717, 1.165) is 0 Å². The van der Waals surface area contributed by atoms with Crippen LogP contribution >= 0.6 is 7.82 Å². The van der Waals surface area contributed by atoms with Crippen molar-refractivity contribution in [2.75, 3.05) is 6.61 Å². The van der Waals surface area contributed by atoms with Gasteiger partial charge in [0.2, 0.25) is 12.1 Å². The molecule has 102 valence electrons. The minimum absolute atomic E-state index is 1.18. The fraction of sp³-hybridized carbons (Fsp3) is 1.00. The summed E-state index contributed by atoms with van der Waals surface area (Å²) < 4.78 is 18.9. The topological polar surface area (TPSA) is 177 Å². The van der Waals surface area contributed by atoms with E-state index in [1.54, 1.807) is 0 Å². The van der Waals surface area contributed by atoms with E-state index in [9.17, 15) is 25.0 Å². The fourth-order valence-corrected chi connectivity index (χ4v) is 1.74. The molecule has 7 N–H and O–H groups in total. The molecule has 1 rings (SSSR count). The van der Waals surface area contributed by atoms with Gasteiger partial charge in [-0.25, -0.2) is 4.57 Å². The van der Waals surface area contributed by atoms with Crippen LogP contribution in [0.25, 0.3) is 0 Å². The van der Waals surface area contributed by atoms with Gasteiger partial charge in [0, 0.05) is 0 Å². The molecule has 10 nitrogen and oxygen atoms in total. The lowest BCUT2D eigenvalue weighted by Crippen LogP contribution is -2.66. The molecule has 11 heteroatoms. The lowest BCUT2D eigenvalue weighted by atomic mass is 9.96. The fourth-order valence-electron chi connectivity index (χ4n) is 1.31. The second-order valence-electron chi connectivity index (χ2n) is 3.51. The molecule has 1 unspecified atom stereocenters. The van der Waals surface area contributed by atoms with Crippen molar-refractivity contribution in [3.8, 4) is 0 Å². The van der Waals surface area contributed by atoms with Crippen molar-refractivity contribution in [2.45, 2.75) is 30.4 Å². The number of aliphatic hydroxyl groups is 5. The van der Waals surface area contributed by atoms with E-state index in [1.165, 1.54) is 0 Å². The first kappa shape index (κ1) is 14.9. The second-order valence-corrected chi connectivity index (χ2v) is 4.70. The van der Waals surface area contributed by atoms with E-state index in [0.29, 0.717) is 0 Å². The van der Waals surface area contributed by atoms with Crippen LogP contribution < -0.4 is 0 Å². The molecule has 5 atom stereocenters. The summed E-state index contributed by atoms with van der Waals surface area (Å²) in [6.07, 6.45) is -8.20. The molecule has 17 heavy (non-hydrogen) atoms. The smallest absolute Gasteiger partial charge is 0.391 e. The van der Waals surface area contributed by atoms with E-state index in [-0.39, 0.29) is 0 Å². The molecule has 1 fully saturated rings. The number of phosphoric acid groups is 1. The van der Waals surface area contributed by atoms with Gasteiger partial charge in [0.25, 0.3) is 0 Å². The van der Waals surface area contributed by atoms with Gasteiger partial charge >= 0.3 is 7.82 Å². The zero-order valence-corrected chi connectivity index (χ0v) is 9.21. The third kappa shape index (κ3) is 3.20. The molecule has 0 amide bonds. The molecule has 1 saturated heterocycles. The van der Waals surface area contributed by atoms with Crippen molar-refractivity contribution < 1.29 is 49.1 Å². The maximum absolute atomic E-state index is 10.5. The summed E-state index contributed by atoms with van der Waals surface area (Å²) in [6, 6.07) is 0. The van der Waals surface area contributed by atoms with Crippen LogP contribution in [0.3, 0.4) is 0 Å². The zero-order valence-electron chi connectivity index (χ0n) is 8.32. The van der Waals surface area contributed by atoms with Gasteiger partial charge in [-0.1, -0.05) is 0 Å². The Labute approximate surface area is 94.9 Å². The molecule has 1 aliphatic rings. The molecule has 0 bridgehead atoms. The number of aliphatic hydroxyl groups excluding tert-OH is 4. The Balaban J connectivity index is 2.90. The maximum atomic E-state index is 10.5. The number of phosphoric ester groups is 1. The predicted octanol–water partition coefficient (Wildman–Crippen LogP) is -3.78. The lowest BCUT2D eigenvalue weighted by molar-refractivity contribution is -0.385. The van der Waals surface area contributed by atoms with E-state index >= 15 is 0 Å². The van der Waals surface area contributed by atoms with Crippen LogP contribution in [-0.4, -0.2) is 72.3 Å². The van der Waals surface area contributed by atoms with Crippen LogP contribution in [0.1, 0.15) is 0 Å². The van der Waals surface area contributed by atoms with Gasteiger partial charge in [0.05, 0.1) is 6.61 Å². The Hall–Kier alpha value is -0.130. The normalized spacial score (nSPS) is 43.7. The maximum Gasteiger partial charge on any atom is 0.472 e. The first-order chi connectivity index (χ1) is 7.60. The zero-order chi connectivity index (χ0) is 13.4. The molecular weight excluding hydrogens is 263 g/mol. The Kier molecular flexibility index (Phi) is 4.27. The third-order valence-corrected chi connectivity index (χ3v) is 2.68. The first-order valence-electron chi connectivity index (χ1n) is 4.40. The van der Waals surface area contributed by atoms with Gasteiger partial charge in [-0.15, -0.1) is 0 Å². The first-order valence-corrected chi connectivity index (χ1v) is 5.93. The highest BCUT2D eigenvalue weighted by atomic mass is 31.2. The number of rotatable bonds is 3. The summed E-state index contributed by atoms with van der Waals surface area (Å²) in [6.45, 7) is -1.18. The van der Waals surface area contributed by atoms with Crippen molar-refractivity contribution in [1.82, 2.24) is 0 Å². The van der Waals surface area contributed by atoms with E-state index in [1.807, 2.05) is 0 Å². The van der Waals surface area contributed by atoms with Gasteiger partial charge in [0.15, 0.2) is 0 Å². The predicted molar refractivity (Wildman–Crippen MR) is 48.1 cm³/mol. The molecule has 0 radical (unpaired) electrons. The summed E-state index contributed by atoms with van der Waals surface area (Å²) in [4.78, 5) is 17.0. The van der Waals surface area contributed by atoms with Crippen LogP contribution in [0.15, 0.2) is 0 Å². The molecule has 0 aliphatic carbocycles. The highest BCUT2D eigenvalue weighted by Gasteiger charge is 2.54.